The number of thiocarbonyl (C=S) groups is 1. The molecule has 4 heterocycles. The van der Waals surface area contributed by atoms with Crippen LogP contribution in [0.2, 0.25) is 0 Å². The third-order valence-electron chi connectivity index (χ3n) is 5.85. The zero-order valence-corrected chi connectivity index (χ0v) is 19.2. The fourth-order valence-electron chi connectivity index (χ4n) is 3.95. The molecule has 0 radical (unpaired) electrons. The van der Waals surface area contributed by atoms with Gasteiger partial charge < -0.3 is 4.90 Å². The van der Waals surface area contributed by atoms with Gasteiger partial charge in [-0.15, -0.1) is 0 Å². The minimum absolute atomic E-state index is 0.0310. The molecule has 0 aliphatic carbocycles. The number of aromatic nitrogens is 2. The number of aryl methyl sites for hydroxylation is 1. The summed E-state index contributed by atoms with van der Waals surface area (Å²) in [6, 6.07) is 3.83. The summed E-state index contributed by atoms with van der Waals surface area (Å²) in [6.45, 7) is 7.70. The lowest BCUT2D eigenvalue weighted by molar-refractivity contribution is -0.123. The van der Waals surface area contributed by atoms with Gasteiger partial charge >= 0.3 is 0 Å². The Bertz CT molecular complexity index is 1100. The van der Waals surface area contributed by atoms with Crippen molar-refractivity contribution >= 4 is 51.7 Å². The van der Waals surface area contributed by atoms with Gasteiger partial charge in [0.1, 0.15) is 15.8 Å². The minimum atomic E-state index is -0.155. The van der Waals surface area contributed by atoms with E-state index in [1.807, 2.05) is 32.9 Å². The molecule has 2 fully saturated rings. The molecule has 8 heteroatoms. The number of carbonyl (C=O) groups is 1. The van der Waals surface area contributed by atoms with E-state index in [2.05, 4.69) is 4.90 Å². The molecule has 6 nitrogen and oxygen atoms in total. The first-order chi connectivity index (χ1) is 14.4. The number of pyridine rings is 1. The van der Waals surface area contributed by atoms with Crippen LogP contribution in [-0.4, -0.2) is 43.6 Å². The Kier molecular flexibility index (Phi) is 5.97. The van der Waals surface area contributed by atoms with Gasteiger partial charge in [-0.05, 0) is 57.2 Å². The quantitative estimate of drug-likeness (QED) is 0.527. The summed E-state index contributed by atoms with van der Waals surface area (Å²) in [5.41, 5.74) is 1.91. The highest BCUT2D eigenvalue weighted by atomic mass is 32.2. The highest BCUT2D eigenvalue weighted by Gasteiger charge is 2.35. The standard InChI is InChI=1S/C22H26N4O2S2/c1-4-15(3)26-21(28)17(30-22(26)29)13-16-19(24-10-6-5-7-11-24)23-18-14(2)9-8-12-25(18)20(16)27/h8-9,12-13,15H,4-7,10-11H2,1-3H3/b17-13-/t15-/m0/s1. The zero-order chi connectivity index (χ0) is 21.4. The van der Waals surface area contributed by atoms with Crippen LogP contribution in [0.5, 0.6) is 0 Å². The number of hydrogen-bond acceptors (Lipinski definition) is 6. The molecular weight excluding hydrogens is 416 g/mol. The summed E-state index contributed by atoms with van der Waals surface area (Å²) in [4.78, 5) is 35.7. The van der Waals surface area contributed by atoms with Crippen molar-refractivity contribution in [2.45, 2.75) is 52.5 Å². The van der Waals surface area contributed by atoms with Gasteiger partial charge in [0.2, 0.25) is 0 Å². The zero-order valence-electron chi connectivity index (χ0n) is 17.6. The minimum Gasteiger partial charge on any atom is -0.356 e. The Morgan fingerprint density at radius 3 is 2.70 bits per heavy atom. The molecule has 2 aliphatic heterocycles. The molecule has 2 saturated heterocycles. The van der Waals surface area contributed by atoms with Crippen LogP contribution in [0.3, 0.4) is 0 Å². The molecule has 1 atom stereocenters. The maximum Gasteiger partial charge on any atom is 0.267 e. The maximum absolute atomic E-state index is 13.5. The summed E-state index contributed by atoms with van der Waals surface area (Å²) in [7, 11) is 0. The summed E-state index contributed by atoms with van der Waals surface area (Å²) in [6.07, 6.45) is 7.59. The summed E-state index contributed by atoms with van der Waals surface area (Å²) in [5, 5.41) is 0. The Hall–Kier alpha value is -2.19. The maximum atomic E-state index is 13.5. The van der Waals surface area contributed by atoms with E-state index in [0.717, 1.165) is 37.9 Å². The molecule has 0 spiro atoms. The summed E-state index contributed by atoms with van der Waals surface area (Å²) in [5.74, 6) is 0.542. The van der Waals surface area contributed by atoms with Gasteiger partial charge in [0.05, 0.1) is 10.5 Å². The van der Waals surface area contributed by atoms with Crippen molar-refractivity contribution in [1.29, 1.82) is 0 Å². The second kappa shape index (κ2) is 8.51. The average Bonchev–Trinajstić information content (AvgIpc) is 3.03. The molecule has 2 aromatic heterocycles. The van der Waals surface area contributed by atoms with Crippen molar-refractivity contribution in [2.75, 3.05) is 18.0 Å². The largest absolute Gasteiger partial charge is 0.356 e. The first-order valence-corrected chi connectivity index (χ1v) is 11.7. The second-order valence-electron chi connectivity index (χ2n) is 7.90. The van der Waals surface area contributed by atoms with E-state index < -0.39 is 0 Å². The molecule has 0 unspecified atom stereocenters. The molecule has 2 aliphatic rings. The predicted octanol–water partition coefficient (Wildman–Crippen LogP) is 3.99. The number of nitrogens with zero attached hydrogens (tertiary/aromatic N) is 4. The normalized spacial score (nSPS) is 19.9. The van der Waals surface area contributed by atoms with Crippen molar-refractivity contribution in [1.82, 2.24) is 14.3 Å². The van der Waals surface area contributed by atoms with Gasteiger partial charge in [-0.3, -0.25) is 18.9 Å². The van der Waals surface area contributed by atoms with E-state index >= 15 is 0 Å². The van der Waals surface area contributed by atoms with Crippen LogP contribution in [0.15, 0.2) is 28.0 Å². The van der Waals surface area contributed by atoms with Crippen LogP contribution in [0.25, 0.3) is 11.7 Å². The first kappa shape index (κ1) is 21.1. The van der Waals surface area contributed by atoms with Crippen molar-refractivity contribution in [3.63, 3.8) is 0 Å². The molecule has 1 amide bonds. The molecule has 4 rings (SSSR count). The number of anilines is 1. The van der Waals surface area contributed by atoms with E-state index in [1.54, 1.807) is 21.6 Å². The van der Waals surface area contributed by atoms with Crippen LogP contribution in [0, 0.1) is 6.92 Å². The Morgan fingerprint density at radius 1 is 1.27 bits per heavy atom. The molecule has 0 aromatic carbocycles. The number of amides is 1. The number of carbonyl (C=O) groups excluding carboxylic acids is 1. The van der Waals surface area contributed by atoms with Gasteiger partial charge in [0.25, 0.3) is 11.5 Å². The summed E-state index contributed by atoms with van der Waals surface area (Å²) >= 11 is 6.72. The van der Waals surface area contributed by atoms with Crippen molar-refractivity contribution < 1.29 is 4.79 Å². The van der Waals surface area contributed by atoms with E-state index in [9.17, 15) is 9.59 Å². The van der Waals surface area contributed by atoms with E-state index in [0.29, 0.717) is 26.3 Å². The van der Waals surface area contributed by atoms with Gasteiger partial charge in [-0.2, -0.15) is 0 Å². The molecule has 158 valence electrons. The topological polar surface area (TPSA) is 57.9 Å². The lowest BCUT2D eigenvalue weighted by Crippen LogP contribution is -2.36. The van der Waals surface area contributed by atoms with Crippen LogP contribution in [0.4, 0.5) is 5.82 Å². The number of rotatable bonds is 4. The highest BCUT2D eigenvalue weighted by molar-refractivity contribution is 8.26. The average molecular weight is 443 g/mol. The van der Waals surface area contributed by atoms with E-state index in [4.69, 9.17) is 17.2 Å². The van der Waals surface area contributed by atoms with E-state index in [1.165, 1.54) is 18.2 Å². The van der Waals surface area contributed by atoms with Gasteiger partial charge in [-0.1, -0.05) is 37.0 Å². The SMILES string of the molecule is CC[C@H](C)N1C(=O)/C(=C/c2c(N3CCCCC3)nc3c(C)cccn3c2=O)SC1=S. The highest BCUT2D eigenvalue weighted by Crippen LogP contribution is 2.35. The smallest absolute Gasteiger partial charge is 0.267 e. The van der Waals surface area contributed by atoms with E-state index in [-0.39, 0.29) is 17.5 Å². The number of hydrogen-bond donors (Lipinski definition) is 0. The first-order valence-electron chi connectivity index (χ1n) is 10.5. The Morgan fingerprint density at radius 2 is 2.00 bits per heavy atom. The number of thioether (sulfide) groups is 1. The number of piperidine rings is 1. The van der Waals surface area contributed by atoms with Crippen LogP contribution in [0.1, 0.15) is 50.7 Å². The lowest BCUT2D eigenvalue weighted by atomic mass is 10.1. The number of fused-ring (bicyclic) bond motifs is 1. The van der Waals surface area contributed by atoms with Gasteiger partial charge in [-0.25, -0.2) is 4.98 Å². The third-order valence-corrected chi connectivity index (χ3v) is 7.18. The second-order valence-corrected chi connectivity index (χ2v) is 9.57. The fourth-order valence-corrected chi connectivity index (χ4v) is 5.39. The Labute approximate surface area is 186 Å². The molecule has 0 saturated carbocycles. The molecule has 30 heavy (non-hydrogen) atoms. The third kappa shape index (κ3) is 3.67. The fraction of sp³-hybridized carbons (Fsp3) is 0.455. The monoisotopic (exact) mass is 442 g/mol. The van der Waals surface area contributed by atoms with Gasteiger partial charge in [0, 0.05) is 25.3 Å². The van der Waals surface area contributed by atoms with Crippen molar-refractivity contribution in [3.05, 3.63) is 44.7 Å². The van der Waals surface area contributed by atoms with Crippen LogP contribution < -0.4 is 10.5 Å². The molecular formula is C22H26N4O2S2. The van der Waals surface area contributed by atoms with Crippen LogP contribution >= 0.6 is 24.0 Å². The Balaban J connectivity index is 1.88. The summed E-state index contributed by atoms with van der Waals surface area (Å²) < 4.78 is 2.12. The molecule has 0 N–H and O–H groups in total. The van der Waals surface area contributed by atoms with Crippen molar-refractivity contribution in [3.8, 4) is 0 Å². The lowest BCUT2D eigenvalue weighted by Gasteiger charge is -2.29. The predicted molar refractivity (Wildman–Crippen MR) is 127 cm³/mol. The van der Waals surface area contributed by atoms with Gasteiger partial charge in [0.15, 0.2) is 0 Å². The molecule has 2 aromatic rings. The molecule has 0 bridgehead atoms. The van der Waals surface area contributed by atoms with Crippen LogP contribution in [-0.2, 0) is 4.79 Å². The van der Waals surface area contributed by atoms with Crippen molar-refractivity contribution in [2.24, 2.45) is 0 Å².